The van der Waals surface area contributed by atoms with Crippen LogP contribution in [-0.2, 0) is 13.6 Å². The van der Waals surface area contributed by atoms with Crippen molar-refractivity contribution in [1.82, 2.24) is 30.2 Å². The Morgan fingerprint density at radius 1 is 1.40 bits per heavy atom. The molecule has 0 unspecified atom stereocenters. The first kappa shape index (κ1) is 9.99. The number of nitrogens with zero attached hydrogens (tertiary/aromatic N) is 6. The van der Waals surface area contributed by atoms with E-state index in [1.807, 2.05) is 0 Å². The van der Waals surface area contributed by atoms with Crippen molar-refractivity contribution in [3.63, 3.8) is 0 Å². The van der Waals surface area contributed by atoms with E-state index >= 15 is 0 Å². The molecule has 0 fully saturated rings. The first-order valence-electron chi connectivity index (χ1n) is 4.21. The number of nitrogens with two attached hydrogens (primary N) is 1. The van der Waals surface area contributed by atoms with Crippen LogP contribution in [0.3, 0.4) is 0 Å². The number of hydrogen-bond donors (Lipinski definition) is 1. The van der Waals surface area contributed by atoms with Crippen LogP contribution in [0.2, 0.25) is 0 Å². The van der Waals surface area contributed by atoms with Crippen LogP contribution in [0.5, 0.6) is 0 Å². The minimum atomic E-state index is 0.349. The summed E-state index contributed by atoms with van der Waals surface area (Å²) in [5.41, 5.74) is 6.28. The fourth-order valence-corrected chi connectivity index (χ4v) is 1.76. The SMILES string of the molecule is Cn1nnnc1Sc1nccnc1CN. The van der Waals surface area contributed by atoms with Crippen LogP contribution in [0, 0.1) is 0 Å². The smallest absolute Gasteiger partial charge is 0.215 e. The van der Waals surface area contributed by atoms with Crippen LogP contribution in [0.25, 0.3) is 0 Å². The number of aryl methyl sites for hydroxylation is 1. The third kappa shape index (κ3) is 2.10. The molecule has 2 rings (SSSR count). The van der Waals surface area contributed by atoms with Gasteiger partial charge in [-0.3, -0.25) is 4.98 Å². The lowest BCUT2D eigenvalue weighted by atomic mass is 10.5. The Morgan fingerprint density at radius 3 is 2.87 bits per heavy atom. The van der Waals surface area contributed by atoms with Gasteiger partial charge in [-0.1, -0.05) is 0 Å². The Labute approximate surface area is 90.1 Å². The van der Waals surface area contributed by atoms with Crippen LogP contribution in [0.15, 0.2) is 22.6 Å². The zero-order valence-electron chi connectivity index (χ0n) is 8.03. The molecule has 7 nitrogen and oxygen atoms in total. The van der Waals surface area contributed by atoms with Gasteiger partial charge in [-0.15, -0.1) is 5.10 Å². The molecular formula is C7H9N7S. The average Bonchev–Trinajstić information content (AvgIpc) is 2.65. The molecule has 0 aromatic carbocycles. The van der Waals surface area contributed by atoms with Gasteiger partial charge in [-0.2, -0.15) is 0 Å². The number of rotatable bonds is 3. The summed E-state index contributed by atoms with van der Waals surface area (Å²) in [5, 5.41) is 12.5. The number of hydrogen-bond acceptors (Lipinski definition) is 7. The Morgan fingerprint density at radius 2 is 2.20 bits per heavy atom. The molecule has 0 radical (unpaired) electrons. The third-order valence-corrected chi connectivity index (χ3v) is 2.76. The van der Waals surface area contributed by atoms with E-state index in [0.29, 0.717) is 11.7 Å². The molecule has 78 valence electrons. The summed E-state index contributed by atoms with van der Waals surface area (Å²) >= 11 is 1.35. The summed E-state index contributed by atoms with van der Waals surface area (Å²) < 4.78 is 1.57. The van der Waals surface area contributed by atoms with E-state index in [1.54, 1.807) is 24.1 Å². The lowest BCUT2D eigenvalue weighted by Gasteiger charge is -2.02. The zero-order valence-corrected chi connectivity index (χ0v) is 8.85. The molecule has 0 aliphatic carbocycles. The van der Waals surface area contributed by atoms with Gasteiger partial charge < -0.3 is 5.73 Å². The molecule has 0 atom stereocenters. The molecule has 0 bridgehead atoms. The maximum absolute atomic E-state index is 5.54. The lowest BCUT2D eigenvalue weighted by molar-refractivity contribution is 0.664. The second-order valence-corrected chi connectivity index (χ2v) is 3.66. The van der Waals surface area contributed by atoms with Gasteiger partial charge in [0.1, 0.15) is 5.03 Å². The molecule has 2 N–H and O–H groups in total. The molecule has 2 heterocycles. The summed E-state index contributed by atoms with van der Waals surface area (Å²) in [5.74, 6) is 0. The summed E-state index contributed by atoms with van der Waals surface area (Å²) in [7, 11) is 1.76. The second-order valence-electron chi connectivity index (χ2n) is 2.70. The fourth-order valence-electron chi connectivity index (χ4n) is 0.974. The van der Waals surface area contributed by atoms with Gasteiger partial charge in [0.25, 0.3) is 0 Å². The Kier molecular flexibility index (Phi) is 2.88. The van der Waals surface area contributed by atoms with Crippen molar-refractivity contribution in [2.24, 2.45) is 12.8 Å². The first-order valence-corrected chi connectivity index (χ1v) is 5.03. The molecule has 8 heteroatoms. The summed E-state index contributed by atoms with van der Waals surface area (Å²) in [6.07, 6.45) is 3.23. The van der Waals surface area contributed by atoms with Gasteiger partial charge in [0.05, 0.1) is 5.69 Å². The van der Waals surface area contributed by atoms with E-state index < -0.39 is 0 Å². The molecule has 2 aromatic heterocycles. The number of tetrazole rings is 1. The highest BCUT2D eigenvalue weighted by molar-refractivity contribution is 7.99. The van der Waals surface area contributed by atoms with Gasteiger partial charge >= 0.3 is 0 Å². The quantitative estimate of drug-likeness (QED) is 0.757. The minimum Gasteiger partial charge on any atom is -0.325 e. The van der Waals surface area contributed by atoms with Crippen LogP contribution in [0.1, 0.15) is 5.69 Å². The number of aromatic nitrogens is 6. The highest BCUT2D eigenvalue weighted by Crippen LogP contribution is 2.24. The van der Waals surface area contributed by atoms with E-state index in [9.17, 15) is 0 Å². The van der Waals surface area contributed by atoms with Gasteiger partial charge in [-0.25, -0.2) is 9.67 Å². The fraction of sp³-hybridized carbons (Fsp3) is 0.286. The van der Waals surface area contributed by atoms with Gasteiger partial charge in [0.2, 0.25) is 5.16 Å². The van der Waals surface area contributed by atoms with Crippen LogP contribution in [-0.4, -0.2) is 30.2 Å². The Hall–Kier alpha value is -1.54. The van der Waals surface area contributed by atoms with Crippen molar-refractivity contribution < 1.29 is 0 Å². The van der Waals surface area contributed by atoms with Crippen molar-refractivity contribution in [3.8, 4) is 0 Å². The molecule has 0 aliphatic heterocycles. The maximum Gasteiger partial charge on any atom is 0.215 e. The van der Waals surface area contributed by atoms with Crippen LogP contribution >= 0.6 is 11.8 Å². The highest BCUT2D eigenvalue weighted by atomic mass is 32.2. The first-order chi connectivity index (χ1) is 7.31. The van der Waals surface area contributed by atoms with Crippen molar-refractivity contribution in [2.75, 3.05) is 0 Å². The normalized spacial score (nSPS) is 10.5. The van der Waals surface area contributed by atoms with Crippen molar-refractivity contribution in [3.05, 3.63) is 18.1 Å². The predicted octanol–water partition coefficient (Wildman–Crippen LogP) is -0.390. The van der Waals surface area contributed by atoms with Gasteiger partial charge in [-0.05, 0) is 22.2 Å². The Balaban J connectivity index is 2.28. The van der Waals surface area contributed by atoms with Crippen molar-refractivity contribution in [1.29, 1.82) is 0 Å². The van der Waals surface area contributed by atoms with Crippen LogP contribution < -0.4 is 5.73 Å². The Bertz CT molecular complexity index is 454. The third-order valence-electron chi connectivity index (χ3n) is 1.70. The summed E-state index contributed by atoms with van der Waals surface area (Å²) in [6, 6.07) is 0. The van der Waals surface area contributed by atoms with Crippen molar-refractivity contribution in [2.45, 2.75) is 16.7 Å². The molecule has 15 heavy (non-hydrogen) atoms. The molecule has 0 amide bonds. The second kappa shape index (κ2) is 4.32. The molecular weight excluding hydrogens is 214 g/mol. The molecule has 0 aliphatic rings. The summed E-state index contributed by atoms with van der Waals surface area (Å²) in [4.78, 5) is 8.30. The monoisotopic (exact) mass is 223 g/mol. The highest BCUT2D eigenvalue weighted by Gasteiger charge is 2.09. The van der Waals surface area contributed by atoms with E-state index in [0.717, 1.165) is 10.7 Å². The van der Waals surface area contributed by atoms with Crippen molar-refractivity contribution >= 4 is 11.8 Å². The van der Waals surface area contributed by atoms with Crippen LogP contribution in [0.4, 0.5) is 0 Å². The van der Waals surface area contributed by atoms with E-state index in [2.05, 4.69) is 25.5 Å². The predicted molar refractivity (Wildman–Crippen MR) is 52.8 cm³/mol. The van der Waals surface area contributed by atoms with E-state index in [4.69, 9.17) is 5.73 Å². The summed E-state index contributed by atoms with van der Waals surface area (Å²) in [6.45, 7) is 0.349. The molecule has 0 spiro atoms. The molecule has 0 saturated heterocycles. The van der Waals surface area contributed by atoms with E-state index in [1.165, 1.54) is 11.8 Å². The average molecular weight is 223 g/mol. The topological polar surface area (TPSA) is 95.4 Å². The zero-order chi connectivity index (χ0) is 10.7. The standard InChI is InChI=1S/C7H9N7S/c1-14-7(11-12-13-14)15-6-5(4-8)9-2-3-10-6/h2-3H,4,8H2,1H3. The maximum atomic E-state index is 5.54. The minimum absolute atomic E-state index is 0.349. The van der Waals surface area contributed by atoms with E-state index in [-0.39, 0.29) is 0 Å². The van der Waals surface area contributed by atoms with Gasteiger partial charge in [0.15, 0.2) is 0 Å². The molecule has 0 saturated carbocycles. The van der Waals surface area contributed by atoms with Gasteiger partial charge in [0, 0.05) is 26.0 Å². The lowest BCUT2D eigenvalue weighted by Crippen LogP contribution is -2.03. The largest absolute Gasteiger partial charge is 0.325 e. The molecule has 2 aromatic rings.